The van der Waals surface area contributed by atoms with Crippen LogP contribution in [0.5, 0.6) is 0 Å². The summed E-state index contributed by atoms with van der Waals surface area (Å²) in [6.07, 6.45) is 1.52. The third-order valence-electron chi connectivity index (χ3n) is 3.90. The molecule has 0 saturated carbocycles. The minimum Gasteiger partial charge on any atom is -0.336 e. The molecule has 0 atom stereocenters. The first kappa shape index (κ1) is 12.4. The first-order valence-corrected chi connectivity index (χ1v) is 6.67. The Kier molecular flexibility index (Phi) is 3.35. The summed E-state index contributed by atoms with van der Waals surface area (Å²) in [4.78, 5) is 30.3. The number of amides is 1. The van der Waals surface area contributed by atoms with Crippen LogP contribution in [0.3, 0.4) is 0 Å². The zero-order valence-electron chi connectivity index (χ0n) is 10.8. The minimum absolute atomic E-state index is 0.0440. The lowest BCUT2D eigenvalue weighted by atomic mass is 10.1. The molecular weight excluding hydrogens is 244 g/mol. The Balaban J connectivity index is 1.61. The summed E-state index contributed by atoms with van der Waals surface area (Å²) < 4.78 is 0. The maximum Gasteiger partial charge on any atom is 0.254 e. The first-order chi connectivity index (χ1) is 9.24. The van der Waals surface area contributed by atoms with Crippen molar-refractivity contribution < 1.29 is 4.79 Å². The van der Waals surface area contributed by atoms with Gasteiger partial charge in [0.05, 0.1) is 0 Å². The Hall–Kier alpha value is -1.66. The molecular formula is C13H18N4O2. The Morgan fingerprint density at radius 3 is 2.53 bits per heavy atom. The molecule has 0 bridgehead atoms. The van der Waals surface area contributed by atoms with Gasteiger partial charge in [-0.3, -0.25) is 14.5 Å². The Bertz CT molecular complexity index is 515. The van der Waals surface area contributed by atoms with E-state index < -0.39 is 0 Å². The number of carbonyl (C=O) groups is 1. The lowest BCUT2D eigenvalue weighted by Crippen LogP contribution is -2.62. The van der Waals surface area contributed by atoms with Crippen molar-refractivity contribution in [1.82, 2.24) is 20.1 Å². The second kappa shape index (κ2) is 5.14. The average molecular weight is 262 g/mol. The Labute approximate surface area is 111 Å². The lowest BCUT2D eigenvalue weighted by Gasteiger charge is -2.43. The van der Waals surface area contributed by atoms with E-state index in [1.807, 2.05) is 4.90 Å². The summed E-state index contributed by atoms with van der Waals surface area (Å²) >= 11 is 0. The molecule has 3 heterocycles. The molecule has 0 aliphatic carbocycles. The number of pyridine rings is 1. The predicted octanol–water partition coefficient (Wildman–Crippen LogP) is -0.895. The molecule has 102 valence electrons. The molecule has 2 saturated heterocycles. The van der Waals surface area contributed by atoms with Gasteiger partial charge in [-0.25, -0.2) is 0 Å². The van der Waals surface area contributed by atoms with E-state index >= 15 is 0 Å². The number of nitrogens with zero attached hydrogens (tertiary/aromatic N) is 2. The molecule has 2 N–H and O–H groups in total. The number of carbonyl (C=O) groups excluding carboxylic acids is 1. The van der Waals surface area contributed by atoms with Crippen molar-refractivity contribution in [1.29, 1.82) is 0 Å². The molecule has 1 aromatic heterocycles. The SMILES string of the molecule is O=C(c1cc[nH]c(=O)c1)N1CCN(C2CNC2)CC1. The van der Waals surface area contributed by atoms with Crippen LogP contribution in [0.1, 0.15) is 10.4 Å². The van der Waals surface area contributed by atoms with Gasteiger partial charge in [0, 0.05) is 63.1 Å². The van der Waals surface area contributed by atoms with Gasteiger partial charge in [0.2, 0.25) is 5.56 Å². The van der Waals surface area contributed by atoms with E-state index in [0.717, 1.165) is 39.3 Å². The van der Waals surface area contributed by atoms with Crippen molar-refractivity contribution in [2.45, 2.75) is 6.04 Å². The van der Waals surface area contributed by atoms with Gasteiger partial charge < -0.3 is 15.2 Å². The molecule has 2 aliphatic rings. The highest BCUT2D eigenvalue weighted by molar-refractivity contribution is 5.94. The van der Waals surface area contributed by atoms with Crippen LogP contribution in [0.15, 0.2) is 23.1 Å². The quantitative estimate of drug-likeness (QED) is 0.725. The van der Waals surface area contributed by atoms with Crippen molar-refractivity contribution in [2.24, 2.45) is 0 Å². The summed E-state index contributed by atoms with van der Waals surface area (Å²) in [5, 5.41) is 3.26. The van der Waals surface area contributed by atoms with Gasteiger partial charge >= 0.3 is 0 Å². The van der Waals surface area contributed by atoms with E-state index in [1.54, 1.807) is 6.07 Å². The van der Waals surface area contributed by atoms with E-state index in [2.05, 4.69) is 15.2 Å². The number of nitrogens with one attached hydrogen (secondary N) is 2. The van der Waals surface area contributed by atoms with Gasteiger partial charge in [0.25, 0.3) is 5.91 Å². The van der Waals surface area contributed by atoms with E-state index in [4.69, 9.17) is 0 Å². The van der Waals surface area contributed by atoms with Gasteiger partial charge in [-0.05, 0) is 6.07 Å². The fraction of sp³-hybridized carbons (Fsp3) is 0.538. The van der Waals surface area contributed by atoms with Crippen molar-refractivity contribution in [2.75, 3.05) is 39.3 Å². The van der Waals surface area contributed by atoms with E-state index in [-0.39, 0.29) is 11.5 Å². The second-order valence-electron chi connectivity index (χ2n) is 5.08. The summed E-state index contributed by atoms with van der Waals surface area (Å²) in [5.74, 6) is -0.0440. The number of hydrogen-bond donors (Lipinski definition) is 2. The maximum atomic E-state index is 12.3. The molecule has 19 heavy (non-hydrogen) atoms. The normalized spacial score (nSPS) is 21.2. The lowest BCUT2D eigenvalue weighted by molar-refractivity contribution is 0.0502. The van der Waals surface area contributed by atoms with Crippen LogP contribution >= 0.6 is 0 Å². The highest BCUT2D eigenvalue weighted by atomic mass is 16.2. The average Bonchev–Trinajstić information content (AvgIpc) is 2.37. The van der Waals surface area contributed by atoms with Gasteiger partial charge in [-0.2, -0.15) is 0 Å². The van der Waals surface area contributed by atoms with Gasteiger partial charge in [0.15, 0.2) is 0 Å². The molecule has 6 nitrogen and oxygen atoms in total. The fourth-order valence-corrected chi connectivity index (χ4v) is 2.58. The van der Waals surface area contributed by atoms with Gasteiger partial charge in [-0.1, -0.05) is 0 Å². The van der Waals surface area contributed by atoms with E-state index in [0.29, 0.717) is 11.6 Å². The minimum atomic E-state index is -0.231. The molecule has 3 rings (SSSR count). The fourth-order valence-electron chi connectivity index (χ4n) is 2.58. The molecule has 2 aliphatic heterocycles. The molecule has 0 spiro atoms. The second-order valence-corrected chi connectivity index (χ2v) is 5.08. The van der Waals surface area contributed by atoms with Crippen LogP contribution in [0.2, 0.25) is 0 Å². The number of piperazine rings is 1. The van der Waals surface area contributed by atoms with Crippen LogP contribution in [-0.4, -0.2) is 66.0 Å². The Morgan fingerprint density at radius 2 is 1.95 bits per heavy atom. The summed E-state index contributed by atoms with van der Waals surface area (Å²) in [6, 6.07) is 3.66. The van der Waals surface area contributed by atoms with Crippen molar-refractivity contribution in [3.05, 3.63) is 34.2 Å². The molecule has 1 aromatic rings. The largest absolute Gasteiger partial charge is 0.336 e. The Morgan fingerprint density at radius 1 is 1.21 bits per heavy atom. The molecule has 0 radical (unpaired) electrons. The van der Waals surface area contributed by atoms with Crippen LogP contribution in [0.25, 0.3) is 0 Å². The van der Waals surface area contributed by atoms with Crippen molar-refractivity contribution >= 4 is 5.91 Å². The smallest absolute Gasteiger partial charge is 0.254 e. The number of H-pyrrole nitrogens is 1. The summed E-state index contributed by atoms with van der Waals surface area (Å²) in [7, 11) is 0. The molecule has 6 heteroatoms. The van der Waals surface area contributed by atoms with Crippen molar-refractivity contribution in [3.8, 4) is 0 Å². The van der Waals surface area contributed by atoms with Crippen LogP contribution in [0, 0.1) is 0 Å². The number of aromatic amines is 1. The van der Waals surface area contributed by atoms with Gasteiger partial charge in [0.1, 0.15) is 0 Å². The van der Waals surface area contributed by atoms with E-state index in [1.165, 1.54) is 12.3 Å². The third-order valence-corrected chi connectivity index (χ3v) is 3.90. The number of rotatable bonds is 2. The van der Waals surface area contributed by atoms with E-state index in [9.17, 15) is 9.59 Å². The predicted molar refractivity (Wildman–Crippen MR) is 71.2 cm³/mol. The highest BCUT2D eigenvalue weighted by Gasteiger charge is 2.29. The molecule has 0 unspecified atom stereocenters. The molecule has 0 aromatic carbocycles. The molecule has 1 amide bonds. The zero-order chi connectivity index (χ0) is 13.2. The third kappa shape index (κ3) is 2.54. The van der Waals surface area contributed by atoms with Crippen LogP contribution < -0.4 is 10.9 Å². The maximum absolute atomic E-state index is 12.3. The number of hydrogen-bond acceptors (Lipinski definition) is 4. The highest BCUT2D eigenvalue weighted by Crippen LogP contribution is 2.11. The summed E-state index contributed by atoms with van der Waals surface area (Å²) in [5.41, 5.74) is 0.243. The van der Waals surface area contributed by atoms with Gasteiger partial charge in [-0.15, -0.1) is 0 Å². The van der Waals surface area contributed by atoms with Crippen LogP contribution in [-0.2, 0) is 0 Å². The standard InChI is InChI=1S/C13H18N4O2/c18-12-7-10(1-2-15-12)13(19)17-5-3-16(4-6-17)11-8-14-9-11/h1-2,7,11,14H,3-6,8-9H2,(H,15,18). The first-order valence-electron chi connectivity index (χ1n) is 6.67. The zero-order valence-corrected chi connectivity index (χ0v) is 10.8. The number of aromatic nitrogens is 1. The summed E-state index contributed by atoms with van der Waals surface area (Å²) in [6.45, 7) is 5.43. The monoisotopic (exact) mass is 262 g/mol. The van der Waals surface area contributed by atoms with Crippen LogP contribution in [0.4, 0.5) is 0 Å². The topological polar surface area (TPSA) is 68.4 Å². The van der Waals surface area contributed by atoms with Crippen molar-refractivity contribution in [3.63, 3.8) is 0 Å². The molecule has 2 fully saturated rings.